The van der Waals surface area contributed by atoms with Gasteiger partial charge in [0.05, 0.1) is 13.2 Å². The summed E-state index contributed by atoms with van der Waals surface area (Å²) in [6, 6.07) is 4.04. The lowest BCUT2D eigenvalue weighted by Crippen LogP contribution is -2.47. The van der Waals surface area contributed by atoms with Crippen LogP contribution in [-0.2, 0) is 6.54 Å². The first-order chi connectivity index (χ1) is 9.69. The number of aromatic hydroxyl groups is 1. The molecule has 4 rings (SSSR count). The number of ether oxygens (including phenoxy) is 1. The van der Waals surface area contributed by atoms with Crippen molar-refractivity contribution in [1.82, 2.24) is 4.90 Å². The Morgan fingerprint density at radius 3 is 3.00 bits per heavy atom. The minimum Gasteiger partial charge on any atom is -0.504 e. The van der Waals surface area contributed by atoms with Gasteiger partial charge < -0.3 is 14.9 Å². The highest BCUT2D eigenvalue weighted by Gasteiger charge is 2.45. The number of aliphatic hydroxyl groups excluding tert-OH is 1. The summed E-state index contributed by atoms with van der Waals surface area (Å²) in [4.78, 5) is 2.40. The van der Waals surface area contributed by atoms with Crippen LogP contribution in [0.5, 0.6) is 11.5 Å². The molecule has 0 spiro atoms. The molecule has 0 amide bonds. The van der Waals surface area contributed by atoms with E-state index in [2.05, 4.69) is 11.0 Å². The molecular weight excluding hydrogens is 254 g/mol. The molecule has 3 aliphatic rings. The third kappa shape index (κ3) is 1.55. The number of rotatable bonds is 1. The molecule has 2 N–H and O–H groups in total. The summed E-state index contributed by atoms with van der Waals surface area (Å²) in [6.45, 7) is 1.79. The first-order valence-corrected chi connectivity index (χ1v) is 7.20. The van der Waals surface area contributed by atoms with Crippen LogP contribution in [0.15, 0.2) is 23.8 Å². The predicted octanol–water partition coefficient (Wildman–Crippen LogP) is 1.76. The van der Waals surface area contributed by atoms with Crippen molar-refractivity contribution in [2.75, 3.05) is 13.7 Å². The minimum absolute atomic E-state index is 0.107. The third-order valence-electron chi connectivity index (χ3n) is 5.02. The largest absolute Gasteiger partial charge is 0.504 e. The number of phenols is 1. The van der Waals surface area contributed by atoms with E-state index >= 15 is 0 Å². The fourth-order valence-corrected chi connectivity index (χ4v) is 4.11. The van der Waals surface area contributed by atoms with Crippen molar-refractivity contribution in [1.29, 1.82) is 0 Å². The second kappa shape index (κ2) is 4.24. The Hall–Kier alpha value is -1.52. The van der Waals surface area contributed by atoms with Crippen LogP contribution >= 0.6 is 0 Å². The quantitative estimate of drug-likeness (QED) is 0.766. The van der Waals surface area contributed by atoms with E-state index in [1.807, 2.05) is 6.07 Å². The van der Waals surface area contributed by atoms with Gasteiger partial charge in [-0.2, -0.15) is 0 Å². The van der Waals surface area contributed by atoms with Crippen LogP contribution in [0.3, 0.4) is 0 Å². The van der Waals surface area contributed by atoms with Crippen LogP contribution in [0.2, 0.25) is 0 Å². The van der Waals surface area contributed by atoms with Gasteiger partial charge in [-0.05, 0) is 36.1 Å². The van der Waals surface area contributed by atoms with Crippen molar-refractivity contribution >= 4 is 0 Å². The molecule has 0 aromatic heterocycles. The predicted molar refractivity (Wildman–Crippen MR) is 74.9 cm³/mol. The molecule has 1 fully saturated rings. The Bertz CT molecular complexity index is 596. The number of phenolic OH excluding ortho intramolecular Hbond substituents is 1. The maximum atomic E-state index is 10.5. The van der Waals surface area contributed by atoms with Crippen molar-refractivity contribution in [3.8, 4) is 11.5 Å². The zero-order chi connectivity index (χ0) is 13.9. The van der Waals surface area contributed by atoms with Gasteiger partial charge in [-0.3, -0.25) is 4.90 Å². The fourth-order valence-electron chi connectivity index (χ4n) is 4.11. The minimum atomic E-state index is -0.314. The average Bonchev–Trinajstić information content (AvgIpc) is 2.84. The zero-order valence-corrected chi connectivity index (χ0v) is 11.5. The topological polar surface area (TPSA) is 52.9 Å². The molecule has 20 heavy (non-hydrogen) atoms. The van der Waals surface area contributed by atoms with Gasteiger partial charge in [0.1, 0.15) is 0 Å². The van der Waals surface area contributed by atoms with Crippen LogP contribution in [-0.4, -0.2) is 40.9 Å². The van der Waals surface area contributed by atoms with Crippen LogP contribution < -0.4 is 4.74 Å². The number of fused-ring (bicyclic) bond motifs is 2. The molecule has 3 atom stereocenters. The van der Waals surface area contributed by atoms with E-state index in [1.54, 1.807) is 13.2 Å². The highest BCUT2D eigenvalue weighted by atomic mass is 16.5. The molecule has 0 bridgehead atoms. The Kier molecular flexibility index (Phi) is 2.59. The van der Waals surface area contributed by atoms with Crippen LogP contribution in [0.25, 0.3) is 0 Å². The third-order valence-corrected chi connectivity index (χ3v) is 5.02. The molecule has 0 saturated heterocycles. The number of hydrogen-bond donors (Lipinski definition) is 2. The lowest BCUT2D eigenvalue weighted by atomic mass is 9.72. The Labute approximate surface area is 118 Å². The first-order valence-electron chi connectivity index (χ1n) is 7.20. The summed E-state index contributed by atoms with van der Waals surface area (Å²) in [5, 5.41) is 20.5. The van der Waals surface area contributed by atoms with Gasteiger partial charge in [0, 0.05) is 25.0 Å². The van der Waals surface area contributed by atoms with Crippen molar-refractivity contribution in [2.45, 2.75) is 37.5 Å². The van der Waals surface area contributed by atoms with Crippen molar-refractivity contribution in [3.05, 3.63) is 34.9 Å². The molecule has 4 nitrogen and oxygen atoms in total. The fraction of sp³-hybridized carbons (Fsp3) is 0.500. The molecule has 106 valence electrons. The number of benzene rings is 1. The van der Waals surface area contributed by atoms with Gasteiger partial charge in [-0.15, -0.1) is 0 Å². The van der Waals surface area contributed by atoms with E-state index in [0.717, 1.165) is 37.1 Å². The molecule has 1 aliphatic carbocycles. The summed E-state index contributed by atoms with van der Waals surface area (Å²) >= 11 is 0. The van der Waals surface area contributed by atoms with E-state index in [0.29, 0.717) is 11.8 Å². The molecule has 1 aromatic rings. The van der Waals surface area contributed by atoms with Crippen LogP contribution in [0.1, 0.15) is 29.9 Å². The summed E-state index contributed by atoms with van der Waals surface area (Å²) in [5.74, 6) is 0.789. The van der Waals surface area contributed by atoms with Gasteiger partial charge in [0.2, 0.25) is 0 Å². The molecule has 1 aromatic carbocycles. The Morgan fingerprint density at radius 2 is 2.20 bits per heavy atom. The SMILES string of the molecule is COc1cc2c(cc1O)CN1CC=C3CC[C@H](O)[C@H]2[C@@H]31. The average molecular weight is 273 g/mol. The molecule has 2 heterocycles. The lowest BCUT2D eigenvalue weighted by Gasteiger charge is -2.45. The van der Waals surface area contributed by atoms with Crippen LogP contribution in [0.4, 0.5) is 0 Å². The highest BCUT2D eigenvalue weighted by molar-refractivity contribution is 5.51. The Morgan fingerprint density at radius 1 is 1.35 bits per heavy atom. The first kappa shape index (κ1) is 12.2. The second-order valence-corrected chi connectivity index (χ2v) is 6.01. The van der Waals surface area contributed by atoms with E-state index < -0.39 is 0 Å². The molecular formula is C16H19NO3. The maximum absolute atomic E-state index is 10.5. The van der Waals surface area contributed by atoms with Gasteiger partial charge >= 0.3 is 0 Å². The summed E-state index contributed by atoms with van der Waals surface area (Å²) < 4.78 is 5.24. The lowest BCUT2D eigenvalue weighted by molar-refractivity contribution is 0.0620. The summed E-state index contributed by atoms with van der Waals surface area (Å²) in [5.41, 5.74) is 3.72. The second-order valence-electron chi connectivity index (χ2n) is 6.01. The molecule has 4 heteroatoms. The van der Waals surface area contributed by atoms with Crippen LogP contribution in [0, 0.1) is 0 Å². The normalized spacial score (nSPS) is 31.5. The standard InChI is InChI=1S/C16H19NO3/c1-20-14-7-11-10(6-13(14)19)8-17-5-4-9-2-3-12(18)15(11)16(9)17/h4,6-7,12,15-16,18-19H,2-3,5,8H2,1H3/t12-,15-,16+/m0/s1. The van der Waals surface area contributed by atoms with Crippen molar-refractivity contribution in [3.63, 3.8) is 0 Å². The van der Waals surface area contributed by atoms with Gasteiger partial charge in [0.25, 0.3) is 0 Å². The maximum Gasteiger partial charge on any atom is 0.160 e. The van der Waals surface area contributed by atoms with E-state index in [4.69, 9.17) is 4.74 Å². The van der Waals surface area contributed by atoms with Gasteiger partial charge in [-0.25, -0.2) is 0 Å². The van der Waals surface area contributed by atoms with Gasteiger partial charge in [0.15, 0.2) is 11.5 Å². The molecule has 0 unspecified atom stereocenters. The number of methoxy groups -OCH3 is 1. The van der Waals surface area contributed by atoms with E-state index in [1.165, 1.54) is 5.57 Å². The smallest absolute Gasteiger partial charge is 0.160 e. The molecule has 2 aliphatic heterocycles. The summed E-state index contributed by atoms with van der Waals surface area (Å²) in [7, 11) is 1.56. The Balaban J connectivity index is 1.86. The zero-order valence-electron chi connectivity index (χ0n) is 11.5. The number of nitrogens with zero attached hydrogens (tertiary/aromatic N) is 1. The number of hydrogen-bond acceptors (Lipinski definition) is 4. The van der Waals surface area contributed by atoms with E-state index in [-0.39, 0.29) is 17.8 Å². The number of aliphatic hydroxyl groups is 1. The monoisotopic (exact) mass is 273 g/mol. The molecule has 0 radical (unpaired) electrons. The molecule has 1 saturated carbocycles. The van der Waals surface area contributed by atoms with Crippen molar-refractivity contribution < 1.29 is 14.9 Å². The van der Waals surface area contributed by atoms with Crippen molar-refractivity contribution in [2.24, 2.45) is 0 Å². The van der Waals surface area contributed by atoms with E-state index in [9.17, 15) is 10.2 Å². The van der Waals surface area contributed by atoms with Gasteiger partial charge in [-0.1, -0.05) is 11.6 Å². The highest BCUT2D eigenvalue weighted by Crippen LogP contribution is 2.48. The summed E-state index contributed by atoms with van der Waals surface area (Å²) in [6.07, 6.45) is 3.82.